The van der Waals surface area contributed by atoms with E-state index in [-0.39, 0.29) is 50.3 Å². The lowest BCUT2D eigenvalue weighted by molar-refractivity contribution is -0.152. The molecule has 0 aliphatic carbocycles. The zero-order chi connectivity index (χ0) is 21.9. The van der Waals surface area contributed by atoms with E-state index in [0.717, 1.165) is 64.2 Å². The fraction of sp³-hybridized carbons (Fsp3) is 0.818. The minimum Gasteiger partial charge on any atom is -0.462 e. The van der Waals surface area contributed by atoms with Gasteiger partial charge in [0, 0.05) is 25.7 Å². The van der Waals surface area contributed by atoms with Crippen molar-refractivity contribution >= 4 is 23.9 Å². The third-order valence-electron chi connectivity index (χ3n) is 4.74. The molecule has 1 aliphatic heterocycles. The number of hydrogen-bond donors (Lipinski definition) is 0. The molecule has 0 N–H and O–H groups in total. The maximum atomic E-state index is 11.6. The van der Waals surface area contributed by atoms with Crippen molar-refractivity contribution in [2.45, 2.75) is 89.9 Å². The SMILES string of the molecule is O=C1CCCCCCCC(=O)OCCOC(=O)CCCCCCCC(=O)OCCO1. The second kappa shape index (κ2) is 17.7. The summed E-state index contributed by atoms with van der Waals surface area (Å²) in [4.78, 5) is 46.5. The lowest BCUT2D eigenvalue weighted by Crippen LogP contribution is -2.14. The monoisotopic (exact) mass is 428 g/mol. The van der Waals surface area contributed by atoms with Crippen molar-refractivity contribution in [2.24, 2.45) is 0 Å². The van der Waals surface area contributed by atoms with Crippen molar-refractivity contribution in [3.63, 3.8) is 0 Å². The third kappa shape index (κ3) is 15.8. The molecule has 1 saturated heterocycles. The summed E-state index contributed by atoms with van der Waals surface area (Å²) in [6.07, 6.45) is 9.68. The number of carbonyl (C=O) groups excluding carboxylic acids is 4. The van der Waals surface area contributed by atoms with Crippen molar-refractivity contribution in [1.82, 2.24) is 0 Å². The Bertz CT molecular complexity index is 427. The number of carbonyl (C=O) groups is 4. The molecule has 0 spiro atoms. The number of rotatable bonds is 0. The van der Waals surface area contributed by atoms with E-state index in [2.05, 4.69) is 0 Å². The van der Waals surface area contributed by atoms with E-state index >= 15 is 0 Å². The van der Waals surface area contributed by atoms with Gasteiger partial charge in [0.15, 0.2) is 0 Å². The summed E-state index contributed by atoms with van der Waals surface area (Å²) in [7, 11) is 0. The number of hydrogen-bond acceptors (Lipinski definition) is 8. The quantitative estimate of drug-likeness (QED) is 0.425. The molecule has 0 atom stereocenters. The van der Waals surface area contributed by atoms with Crippen LogP contribution in [0.25, 0.3) is 0 Å². The third-order valence-corrected chi connectivity index (χ3v) is 4.74. The number of cyclic esters (lactones) is 4. The Balaban J connectivity index is 2.27. The van der Waals surface area contributed by atoms with E-state index in [1.54, 1.807) is 0 Å². The Morgan fingerprint density at radius 3 is 0.767 bits per heavy atom. The molecule has 1 heterocycles. The smallest absolute Gasteiger partial charge is 0.305 e. The van der Waals surface area contributed by atoms with Gasteiger partial charge in [0.2, 0.25) is 0 Å². The van der Waals surface area contributed by atoms with Gasteiger partial charge in [-0.15, -0.1) is 0 Å². The summed E-state index contributed by atoms with van der Waals surface area (Å²) in [6, 6.07) is 0. The summed E-state index contributed by atoms with van der Waals surface area (Å²) in [5.41, 5.74) is 0. The molecule has 1 fully saturated rings. The number of ether oxygens (including phenoxy) is 4. The lowest BCUT2D eigenvalue weighted by atomic mass is 10.1. The molecule has 30 heavy (non-hydrogen) atoms. The Labute approximate surface area is 178 Å². The average Bonchev–Trinajstić information content (AvgIpc) is 2.72. The normalized spacial score (nSPS) is 21.6. The van der Waals surface area contributed by atoms with Crippen LogP contribution >= 0.6 is 0 Å². The highest BCUT2D eigenvalue weighted by molar-refractivity contribution is 5.70. The predicted molar refractivity (Wildman–Crippen MR) is 108 cm³/mol. The van der Waals surface area contributed by atoms with Crippen molar-refractivity contribution < 1.29 is 38.1 Å². The van der Waals surface area contributed by atoms with Gasteiger partial charge in [-0.1, -0.05) is 38.5 Å². The summed E-state index contributed by atoms with van der Waals surface area (Å²) >= 11 is 0. The highest BCUT2D eigenvalue weighted by Crippen LogP contribution is 2.10. The van der Waals surface area contributed by atoms with Crippen LogP contribution in [0.15, 0.2) is 0 Å². The highest BCUT2D eigenvalue weighted by Gasteiger charge is 2.08. The van der Waals surface area contributed by atoms with Crippen LogP contribution in [0.3, 0.4) is 0 Å². The van der Waals surface area contributed by atoms with Gasteiger partial charge in [-0.25, -0.2) is 0 Å². The van der Waals surface area contributed by atoms with Gasteiger partial charge < -0.3 is 18.9 Å². The molecule has 8 heteroatoms. The fourth-order valence-electron chi connectivity index (χ4n) is 3.05. The molecule has 0 amide bonds. The zero-order valence-corrected chi connectivity index (χ0v) is 18.0. The van der Waals surface area contributed by atoms with Gasteiger partial charge in [0.25, 0.3) is 0 Å². The Morgan fingerprint density at radius 2 is 0.533 bits per heavy atom. The Hall–Kier alpha value is -2.12. The fourth-order valence-corrected chi connectivity index (χ4v) is 3.05. The van der Waals surface area contributed by atoms with Crippen LogP contribution in [-0.2, 0) is 38.1 Å². The van der Waals surface area contributed by atoms with Crippen LogP contribution in [0.1, 0.15) is 89.9 Å². The second-order valence-electron chi connectivity index (χ2n) is 7.42. The summed E-state index contributed by atoms with van der Waals surface area (Å²) in [6.45, 7) is 0.344. The van der Waals surface area contributed by atoms with Gasteiger partial charge >= 0.3 is 23.9 Å². The van der Waals surface area contributed by atoms with Crippen LogP contribution < -0.4 is 0 Å². The van der Waals surface area contributed by atoms with Crippen LogP contribution in [0.5, 0.6) is 0 Å². The second-order valence-corrected chi connectivity index (χ2v) is 7.42. The summed E-state index contributed by atoms with van der Waals surface area (Å²) in [5.74, 6) is -1.12. The summed E-state index contributed by atoms with van der Waals surface area (Å²) < 4.78 is 20.2. The minimum atomic E-state index is -0.281. The first kappa shape index (κ1) is 25.9. The van der Waals surface area contributed by atoms with Gasteiger partial charge in [-0.2, -0.15) is 0 Å². The molecule has 0 radical (unpaired) electrons. The molecule has 8 nitrogen and oxygen atoms in total. The molecular weight excluding hydrogens is 392 g/mol. The van der Waals surface area contributed by atoms with E-state index in [0.29, 0.717) is 25.7 Å². The van der Waals surface area contributed by atoms with Gasteiger partial charge in [0.05, 0.1) is 0 Å². The maximum Gasteiger partial charge on any atom is 0.305 e. The Kier molecular flexibility index (Phi) is 15.3. The van der Waals surface area contributed by atoms with Crippen molar-refractivity contribution in [3.05, 3.63) is 0 Å². The standard InChI is InChI=1S/C22H36O8/c23-19-11-7-3-1-4-8-12-20(24)28-16-18-30-22(26)14-10-6-2-5-9-13-21(25)29-17-15-27-19/h1-18H2. The lowest BCUT2D eigenvalue weighted by Gasteiger charge is -2.08. The molecule has 0 aromatic carbocycles. The van der Waals surface area contributed by atoms with E-state index < -0.39 is 0 Å². The van der Waals surface area contributed by atoms with Crippen molar-refractivity contribution in [1.29, 1.82) is 0 Å². The van der Waals surface area contributed by atoms with Gasteiger partial charge in [0.1, 0.15) is 26.4 Å². The molecule has 1 rings (SSSR count). The number of esters is 4. The highest BCUT2D eigenvalue weighted by atomic mass is 16.6. The van der Waals surface area contributed by atoms with Gasteiger partial charge in [-0.05, 0) is 25.7 Å². The van der Waals surface area contributed by atoms with E-state index in [1.165, 1.54) is 0 Å². The van der Waals surface area contributed by atoms with Crippen molar-refractivity contribution in [3.8, 4) is 0 Å². The van der Waals surface area contributed by atoms with Crippen molar-refractivity contribution in [2.75, 3.05) is 26.4 Å². The zero-order valence-electron chi connectivity index (χ0n) is 18.0. The molecular formula is C22H36O8. The van der Waals surface area contributed by atoms with Crippen LogP contribution in [0, 0.1) is 0 Å². The van der Waals surface area contributed by atoms with Crippen LogP contribution in [-0.4, -0.2) is 50.3 Å². The first-order valence-electron chi connectivity index (χ1n) is 11.2. The molecule has 0 aromatic rings. The Morgan fingerprint density at radius 1 is 0.333 bits per heavy atom. The minimum absolute atomic E-state index is 0.0861. The summed E-state index contributed by atoms with van der Waals surface area (Å²) in [5, 5.41) is 0. The largest absolute Gasteiger partial charge is 0.462 e. The first-order valence-corrected chi connectivity index (χ1v) is 11.2. The van der Waals surface area contributed by atoms with E-state index in [4.69, 9.17) is 18.9 Å². The average molecular weight is 429 g/mol. The van der Waals surface area contributed by atoms with Crippen LogP contribution in [0.4, 0.5) is 0 Å². The molecule has 172 valence electrons. The van der Waals surface area contributed by atoms with E-state index in [1.807, 2.05) is 0 Å². The maximum absolute atomic E-state index is 11.6. The molecule has 0 saturated carbocycles. The molecule has 0 unspecified atom stereocenters. The predicted octanol–water partition coefficient (Wildman–Crippen LogP) is 3.63. The first-order chi connectivity index (χ1) is 14.6. The molecule has 0 aromatic heterocycles. The topological polar surface area (TPSA) is 105 Å². The van der Waals surface area contributed by atoms with Crippen LogP contribution in [0.2, 0.25) is 0 Å². The van der Waals surface area contributed by atoms with Gasteiger partial charge in [-0.3, -0.25) is 19.2 Å². The molecule has 1 aliphatic rings. The molecule has 0 bridgehead atoms. The van der Waals surface area contributed by atoms with E-state index in [9.17, 15) is 19.2 Å².